The molecule has 0 unspecified atom stereocenters. The molecule has 136 valence electrons. The number of hydrogen-bond acceptors (Lipinski definition) is 4. The van der Waals surface area contributed by atoms with Crippen LogP contribution in [-0.2, 0) is 0 Å². The first-order valence-corrected chi connectivity index (χ1v) is 8.79. The fraction of sp³-hybridized carbons (Fsp3) is 0.286. The SMILES string of the molecule is N=C(/C(=C(\[OH2+])C1(CNCCO)CC1)c1ccccc1)c1ccc(O)cc1. The summed E-state index contributed by atoms with van der Waals surface area (Å²) >= 11 is 0. The molecule has 2 aromatic carbocycles. The Labute approximate surface area is 153 Å². The number of benzene rings is 2. The Bertz CT molecular complexity index is 794. The van der Waals surface area contributed by atoms with Gasteiger partial charge in [0.05, 0.1) is 23.3 Å². The second-order valence-electron chi connectivity index (χ2n) is 6.72. The van der Waals surface area contributed by atoms with Crippen molar-refractivity contribution >= 4 is 11.3 Å². The van der Waals surface area contributed by atoms with Crippen LogP contribution in [0.25, 0.3) is 5.57 Å². The van der Waals surface area contributed by atoms with Crippen molar-refractivity contribution < 1.29 is 15.3 Å². The quantitative estimate of drug-likeness (QED) is 0.253. The first-order chi connectivity index (χ1) is 12.6. The molecule has 1 aliphatic carbocycles. The van der Waals surface area contributed by atoms with Crippen LogP contribution in [0.5, 0.6) is 5.75 Å². The van der Waals surface area contributed by atoms with Crippen LogP contribution in [0, 0.1) is 10.8 Å². The zero-order chi connectivity index (χ0) is 18.6. The lowest BCUT2D eigenvalue weighted by atomic mass is 9.89. The molecule has 0 aliphatic heterocycles. The third kappa shape index (κ3) is 3.79. The Morgan fingerprint density at radius 2 is 1.69 bits per heavy atom. The lowest BCUT2D eigenvalue weighted by Crippen LogP contribution is -2.29. The highest BCUT2D eigenvalue weighted by Crippen LogP contribution is 2.52. The summed E-state index contributed by atoms with van der Waals surface area (Å²) in [6.45, 7) is 1.21. The number of nitrogens with one attached hydrogen (secondary N) is 2. The highest BCUT2D eigenvalue weighted by molar-refractivity contribution is 6.30. The van der Waals surface area contributed by atoms with E-state index < -0.39 is 0 Å². The lowest BCUT2D eigenvalue weighted by Gasteiger charge is -2.17. The van der Waals surface area contributed by atoms with Crippen LogP contribution in [0.1, 0.15) is 24.0 Å². The predicted molar refractivity (Wildman–Crippen MR) is 104 cm³/mol. The minimum atomic E-state index is -0.274. The number of phenolic OH excluding ortho intramolecular Hbond substituents is 1. The van der Waals surface area contributed by atoms with E-state index in [1.165, 1.54) is 0 Å². The molecule has 5 heteroatoms. The van der Waals surface area contributed by atoms with Crippen molar-refractivity contribution in [1.82, 2.24) is 5.32 Å². The standard InChI is InChI=1S/C21H24N2O3/c22-19(16-6-8-17(25)9-7-16)18(15-4-2-1-3-5-15)20(26)21(10-11-21)14-23-12-13-24/h1-9,22-26H,10-14H2/p+1/b20-18-,22-19?. The summed E-state index contributed by atoms with van der Waals surface area (Å²) in [5.74, 6) is 0.622. The Hall–Kier alpha value is -2.63. The fourth-order valence-electron chi connectivity index (χ4n) is 3.13. The van der Waals surface area contributed by atoms with E-state index in [2.05, 4.69) is 5.32 Å². The Morgan fingerprint density at radius 1 is 1.04 bits per heavy atom. The van der Waals surface area contributed by atoms with Crippen LogP contribution in [0.3, 0.4) is 0 Å². The first-order valence-electron chi connectivity index (χ1n) is 8.79. The van der Waals surface area contributed by atoms with Crippen LogP contribution < -0.4 is 5.32 Å². The molecule has 0 spiro atoms. The van der Waals surface area contributed by atoms with Gasteiger partial charge >= 0.3 is 0 Å². The summed E-state index contributed by atoms with van der Waals surface area (Å²) in [6.07, 6.45) is 1.81. The number of allylic oxidation sites excluding steroid dienone is 1. The minimum Gasteiger partial charge on any atom is -0.596 e. The maximum absolute atomic E-state index is 9.51. The van der Waals surface area contributed by atoms with Gasteiger partial charge in [-0.1, -0.05) is 30.3 Å². The van der Waals surface area contributed by atoms with E-state index in [9.17, 15) is 5.11 Å². The van der Waals surface area contributed by atoms with Crippen LogP contribution in [0.2, 0.25) is 0 Å². The predicted octanol–water partition coefficient (Wildman–Crippen LogP) is 2.26. The van der Waals surface area contributed by atoms with E-state index in [-0.39, 0.29) is 23.5 Å². The van der Waals surface area contributed by atoms with Crippen molar-refractivity contribution in [3.8, 4) is 5.75 Å². The number of rotatable bonds is 8. The average Bonchev–Trinajstić information content (AvgIpc) is 3.44. The van der Waals surface area contributed by atoms with Gasteiger partial charge in [-0.25, -0.2) is 0 Å². The molecule has 0 radical (unpaired) electrons. The summed E-state index contributed by atoms with van der Waals surface area (Å²) in [6, 6.07) is 16.1. The number of phenols is 1. The summed E-state index contributed by atoms with van der Waals surface area (Å²) in [4.78, 5) is 0. The maximum Gasteiger partial charge on any atom is 0.246 e. The van der Waals surface area contributed by atoms with Crippen molar-refractivity contribution in [2.24, 2.45) is 5.41 Å². The fourth-order valence-corrected chi connectivity index (χ4v) is 3.13. The highest BCUT2D eigenvalue weighted by atomic mass is 16.3. The monoisotopic (exact) mass is 353 g/mol. The Kier molecular flexibility index (Phi) is 5.40. The smallest absolute Gasteiger partial charge is 0.246 e. The van der Waals surface area contributed by atoms with E-state index in [4.69, 9.17) is 15.6 Å². The van der Waals surface area contributed by atoms with Crippen molar-refractivity contribution in [2.45, 2.75) is 12.8 Å². The molecule has 0 atom stereocenters. The summed E-state index contributed by atoms with van der Waals surface area (Å²) in [5.41, 5.74) is 2.16. The molecule has 2 aromatic rings. The minimum absolute atomic E-state index is 0.0714. The van der Waals surface area contributed by atoms with Crippen LogP contribution in [0.4, 0.5) is 0 Å². The molecule has 0 amide bonds. The lowest BCUT2D eigenvalue weighted by molar-refractivity contribution is 0.274. The molecule has 0 heterocycles. The van der Waals surface area contributed by atoms with Gasteiger partial charge in [0, 0.05) is 18.7 Å². The molecule has 1 aliphatic rings. The average molecular weight is 353 g/mol. The third-order valence-electron chi connectivity index (χ3n) is 4.85. The van der Waals surface area contributed by atoms with Crippen LogP contribution >= 0.6 is 0 Å². The molecule has 0 bridgehead atoms. The molecule has 5 nitrogen and oxygen atoms in total. The van der Waals surface area contributed by atoms with E-state index >= 15 is 0 Å². The largest absolute Gasteiger partial charge is 0.596 e. The second kappa shape index (κ2) is 7.72. The third-order valence-corrected chi connectivity index (χ3v) is 4.85. The van der Waals surface area contributed by atoms with Gasteiger partial charge in [-0.05, 0) is 42.7 Å². The molecule has 1 saturated carbocycles. The Balaban J connectivity index is 2.01. The van der Waals surface area contributed by atoms with E-state index in [1.54, 1.807) is 24.3 Å². The Morgan fingerprint density at radius 3 is 2.27 bits per heavy atom. The molecular weight excluding hydrogens is 328 g/mol. The van der Waals surface area contributed by atoms with E-state index in [0.717, 1.165) is 18.4 Å². The maximum atomic E-state index is 9.51. The molecule has 0 aromatic heterocycles. The van der Waals surface area contributed by atoms with E-state index in [1.807, 2.05) is 30.3 Å². The number of aliphatic hydroxyl groups is 1. The molecule has 3 rings (SSSR count). The number of aromatic hydroxyl groups is 1. The van der Waals surface area contributed by atoms with Gasteiger partial charge < -0.3 is 20.6 Å². The summed E-state index contributed by atoms with van der Waals surface area (Å²) in [5, 5.41) is 39.3. The first kappa shape index (κ1) is 18.2. The molecule has 6 N–H and O–H groups in total. The number of aliphatic hydroxyl groups excluding tert-OH is 1. The van der Waals surface area contributed by atoms with Gasteiger partial charge in [-0.15, -0.1) is 0 Å². The van der Waals surface area contributed by atoms with Gasteiger partial charge in [-0.2, -0.15) is 0 Å². The van der Waals surface area contributed by atoms with Gasteiger partial charge in [0.25, 0.3) is 0 Å². The normalized spacial score (nSPS) is 16.0. The summed E-state index contributed by atoms with van der Waals surface area (Å²) < 4.78 is 0. The van der Waals surface area contributed by atoms with Crippen molar-refractivity contribution in [2.75, 3.05) is 19.7 Å². The van der Waals surface area contributed by atoms with Crippen molar-refractivity contribution in [3.63, 3.8) is 0 Å². The molecule has 0 saturated heterocycles. The van der Waals surface area contributed by atoms with Crippen molar-refractivity contribution in [3.05, 3.63) is 71.5 Å². The van der Waals surface area contributed by atoms with Crippen LogP contribution in [0.15, 0.2) is 60.4 Å². The molecule has 26 heavy (non-hydrogen) atoms. The number of hydrogen-bond donors (Lipinski definition) is 4. The van der Waals surface area contributed by atoms with Crippen molar-refractivity contribution in [1.29, 1.82) is 5.41 Å². The summed E-state index contributed by atoms with van der Waals surface area (Å²) in [7, 11) is 0. The second-order valence-corrected chi connectivity index (χ2v) is 6.72. The van der Waals surface area contributed by atoms with Gasteiger partial charge in [0.15, 0.2) is 0 Å². The highest BCUT2D eigenvalue weighted by Gasteiger charge is 2.52. The topological polar surface area (TPSA) is 99.2 Å². The zero-order valence-electron chi connectivity index (χ0n) is 14.6. The molecule has 1 fully saturated rings. The van der Waals surface area contributed by atoms with Gasteiger partial charge in [0.1, 0.15) is 5.75 Å². The zero-order valence-corrected chi connectivity index (χ0v) is 14.6. The van der Waals surface area contributed by atoms with Gasteiger partial charge in [0.2, 0.25) is 5.76 Å². The molecular formula is C21H25N2O3+. The van der Waals surface area contributed by atoms with Gasteiger partial charge in [-0.3, -0.25) is 5.41 Å². The van der Waals surface area contributed by atoms with Crippen LogP contribution in [-0.4, -0.2) is 40.7 Å². The van der Waals surface area contributed by atoms with E-state index in [0.29, 0.717) is 30.0 Å².